The van der Waals surface area contributed by atoms with Gasteiger partial charge < -0.3 is 19.4 Å². The molecule has 1 aromatic heterocycles. The van der Waals surface area contributed by atoms with Crippen molar-refractivity contribution in [3.63, 3.8) is 0 Å². The van der Waals surface area contributed by atoms with Gasteiger partial charge in [-0.3, -0.25) is 4.79 Å². The maximum absolute atomic E-state index is 12.6. The van der Waals surface area contributed by atoms with E-state index in [1.807, 2.05) is 6.92 Å². The molecule has 2 aromatic rings. The van der Waals surface area contributed by atoms with Crippen LogP contribution < -0.4 is 5.63 Å². The molecule has 0 bridgehead atoms. The molecule has 1 aliphatic heterocycles. The highest BCUT2D eigenvalue weighted by atomic mass is 16.5. The Hall–Kier alpha value is -2.60. The summed E-state index contributed by atoms with van der Waals surface area (Å²) in [5.41, 5.74) is 1.56. The number of fused-ring (bicyclic) bond motifs is 1. The number of carbonyl (C=O) groups is 1. The number of rotatable bonds is 3. The molecule has 6 heteroatoms. The third kappa shape index (κ3) is 3.25. The van der Waals surface area contributed by atoms with Crippen LogP contribution in [0.4, 0.5) is 0 Å². The molecular weight excluding hydrogens is 348 g/mol. The number of aliphatic hydroxyl groups is 1. The standard InChI is InChI=1S/C21H24O6/c1-9-6-14(23)7-17(26-9)15-8-16-18(10(2)13(5)22)11(3)19(24)12(4)20(16)27-21(15)25/h7-10,13,22,24H,6H2,1-5H3/t9?,10-,13-/m0/s1. The lowest BCUT2D eigenvalue weighted by Gasteiger charge is -2.23. The van der Waals surface area contributed by atoms with Crippen LogP contribution in [0.3, 0.4) is 0 Å². The van der Waals surface area contributed by atoms with Gasteiger partial charge in [-0.15, -0.1) is 0 Å². The van der Waals surface area contributed by atoms with Crippen molar-refractivity contribution < 1.29 is 24.2 Å². The molecule has 0 spiro atoms. The quantitative estimate of drug-likeness (QED) is 0.802. The molecule has 0 fully saturated rings. The van der Waals surface area contributed by atoms with Crippen LogP contribution in [-0.2, 0) is 9.53 Å². The van der Waals surface area contributed by atoms with Gasteiger partial charge in [0.15, 0.2) is 5.78 Å². The first-order valence-electron chi connectivity index (χ1n) is 9.01. The molecule has 0 saturated carbocycles. The van der Waals surface area contributed by atoms with E-state index in [0.717, 1.165) is 0 Å². The number of aryl methyl sites for hydroxylation is 1. The molecule has 2 N–H and O–H groups in total. The van der Waals surface area contributed by atoms with Gasteiger partial charge in [-0.25, -0.2) is 4.79 Å². The lowest BCUT2D eigenvalue weighted by Crippen LogP contribution is -2.21. The highest BCUT2D eigenvalue weighted by Crippen LogP contribution is 2.39. The summed E-state index contributed by atoms with van der Waals surface area (Å²) in [6, 6.07) is 1.63. The molecular formula is C21H24O6. The Bertz CT molecular complexity index is 1010. The zero-order valence-corrected chi connectivity index (χ0v) is 16.1. The van der Waals surface area contributed by atoms with Gasteiger partial charge in [0.1, 0.15) is 28.8 Å². The van der Waals surface area contributed by atoms with Gasteiger partial charge in [0.25, 0.3) is 0 Å². The van der Waals surface area contributed by atoms with Gasteiger partial charge in [-0.1, -0.05) is 6.92 Å². The summed E-state index contributed by atoms with van der Waals surface area (Å²) in [5, 5.41) is 21.2. The summed E-state index contributed by atoms with van der Waals surface area (Å²) in [4.78, 5) is 24.5. The molecule has 0 radical (unpaired) electrons. The number of aliphatic hydroxyl groups excluding tert-OH is 1. The number of ether oxygens (including phenoxy) is 1. The fourth-order valence-corrected chi connectivity index (χ4v) is 3.59. The summed E-state index contributed by atoms with van der Waals surface area (Å²) in [6.45, 7) is 8.71. The van der Waals surface area contributed by atoms with E-state index < -0.39 is 11.7 Å². The molecule has 144 valence electrons. The minimum absolute atomic E-state index is 0.0397. The molecule has 6 nitrogen and oxygen atoms in total. The van der Waals surface area contributed by atoms with Crippen LogP contribution in [0.1, 0.15) is 55.4 Å². The monoisotopic (exact) mass is 372 g/mol. The SMILES string of the molecule is Cc1c(O)c(C)c2oc(=O)c(C3=CC(=O)CC(C)O3)cc2c1[C@@H](C)[C@H](C)O. The molecule has 0 saturated heterocycles. The Labute approximate surface area is 157 Å². The van der Waals surface area contributed by atoms with Crippen molar-refractivity contribution in [2.24, 2.45) is 0 Å². The summed E-state index contributed by atoms with van der Waals surface area (Å²) in [6.07, 6.45) is 0.581. The third-order valence-corrected chi connectivity index (χ3v) is 5.25. The van der Waals surface area contributed by atoms with Crippen molar-refractivity contribution in [1.82, 2.24) is 0 Å². The van der Waals surface area contributed by atoms with Gasteiger partial charge in [-0.05, 0) is 44.9 Å². The van der Waals surface area contributed by atoms with Crippen molar-refractivity contribution in [2.45, 2.75) is 59.2 Å². The minimum Gasteiger partial charge on any atom is -0.507 e. The van der Waals surface area contributed by atoms with Crippen LogP contribution in [0.5, 0.6) is 5.75 Å². The van der Waals surface area contributed by atoms with E-state index in [9.17, 15) is 19.8 Å². The van der Waals surface area contributed by atoms with Crippen molar-refractivity contribution in [2.75, 3.05) is 0 Å². The van der Waals surface area contributed by atoms with E-state index in [1.54, 1.807) is 33.8 Å². The number of aromatic hydroxyl groups is 1. The smallest absolute Gasteiger partial charge is 0.347 e. The maximum atomic E-state index is 12.6. The predicted molar refractivity (Wildman–Crippen MR) is 102 cm³/mol. The normalized spacial score (nSPS) is 19.6. The zero-order valence-electron chi connectivity index (χ0n) is 16.1. The fourth-order valence-electron chi connectivity index (χ4n) is 3.59. The van der Waals surface area contributed by atoms with Crippen molar-refractivity contribution >= 4 is 22.5 Å². The number of benzene rings is 1. The van der Waals surface area contributed by atoms with Crippen LogP contribution in [0.25, 0.3) is 16.7 Å². The van der Waals surface area contributed by atoms with E-state index in [0.29, 0.717) is 22.1 Å². The molecule has 3 rings (SSSR count). The Morgan fingerprint density at radius 1 is 1.19 bits per heavy atom. The van der Waals surface area contributed by atoms with Crippen LogP contribution in [0.15, 0.2) is 21.4 Å². The lowest BCUT2D eigenvalue weighted by atomic mass is 9.87. The Morgan fingerprint density at radius 3 is 2.44 bits per heavy atom. The first-order valence-corrected chi connectivity index (χ1v) is 9.01. The second kappa shape index (κ2) is 6.85. The fraction of sp³-hybridized carbons (Fsp3) is 0.429. The molecule has 0 aliphatic carbocycles. The molecule has 1 unspecified atom stereocenters. The highest BCUT2D eigenvalue weighted by molar-refractivity contribution is 5.98. The van der Waals surface area contributed by atoms with Crippen LogP contribution in [0, 0.1) is 13.8 Å². The van der Waals surface area contributed by atoms with Gasteiger partial charge in [0.05, 0.1) is 6.10 Å². The summed E-state index contributed by atoms with van der Waals surface area (Å²) >= 11 is 0. The summed E-state index contributed by atoms with van der Waals surface area (Å²) in [5.74, 6) is -0.188. The third-order valence-electron chi connectivity index (χ3n) is 5.25. The Morgan fingerprint density at radius 2 is 1.85 bits per heavy atom. The molecule has 1 aromatic carbocycles. The van der Waals surface area contributed by atoms with Gasteiger partial charge in [0, 0.05) is 29.4 Å². The van der Waals surface area contributed by atoms with Crippen LogP contribution in [-0.4, -0.2) is 28.2 Å². The second-order valence-electron chi connectivity index (χ2n) is 7.34. The molecule has 3 atom stereocenters. The van der Waals surface area contributed by atoms with E-state index in [2.05, 4.69) is 0 Å². The second-order valence-corrected chi connectivity index (χ2v) is 7.34. The van der Waals surface area contributed by atoms with Crippen LogP contribution >= 0.6 is 0 Å². The number of phenolic OH excluding ortho intramolecular Hbond substituents is 1. The number of carbonyl (C=O) groups excluding carboxylic acids is 1. The van der Waals surface area contributed by atoms with Gasteiger partial charge in [0.2, 0.25) is 0 Å². The number of phenols is 1. The molecule has 2 heterocycles. The summed E-state index contributed by atoms with van der Waals surface area (Å²) in [7, 11) is 0. The maximum Gasteiger partial charge on any atom is 0.347 e. The largest absolute Gasteiger partial charge is 0.507 e. The van der Waals surface area contributed by atoms with E-state index >= 15 is 0 Å². The number of hydrogen-bond donors (Lipinski definition) is 2. The number of allylic oxidation sites excluding steroid dienone is 1. The average Bonchev–Trinajstić information content (AvgIpc) is 2.59. The first-order chi connectivity index (χ1) is 12.6. The lowest BCUT2D eigenvalue weighted by molar-refractivity contribution is -0.117. The van der Waals surface area contributed by atoms with Crippen molar-refractivity contribution in [1.29, 1.82) is 0 Å². The number of hydrogen-bond acceptors (Lipinski definition) is 6. The summed E-state index contributed by atoms with van der Waals surface area (Å²) < 4.78 is 11.2. The molecule has 1 aliphatic rings. The first kappa shape index (κ1) is 19.2. The minimum atomic E-state index is -0.670. The predicted octanol–water partition coefficient (Wildman–Crippen LogP) is 3.32. The van der Waals surface area contributed by atoms with Gasteiger partial charge >= 0.3 is 5.63 Å². The Balaban J connectivity index is 2.36. The zero-order chi connectivity index (χ0) is 20.0. The average molecular weight is 372 g/mol. The number of ketones is 1. The Kier molecular flexibility index (Phi) is 4.86. The highest BCUT2D eigenvalue weighted by Gasteiger charge is 2.26. The molecule has 0 amide bonds. The van der Waals surface area contributed by atoms with E-state index in [1.165, 1.54) is 6.08 Å². The topological polar surface area (TPSA) is 97.0 Å². The van der Waals surface area contributed by atoms with Crippen molar-refractivity contribution in [3.05, 3.63) is 44.8 Å². The van der Waals surface area contributed by atoms with Gasteiger partial charge in [-0.2, -0.15) is 0 Å². The van der Waals surface area contributed by atoms with Crippen molar-refractivity contribution in [3.8, 4) is 5.75 Å². The van der Waals surface area contributed by atoms with Crippen LogP contribution in [0.2, 0.25) is 0 Å². The van der Waals surface area contributed by atoms with E-state index in [4.69, 9.17) is 9.15 Å². The van der Waals surface area contributed by atoms with E-state index in [-0.39, 0.29) is 46.9 Å². The molecule has 27 heavy (non-hydrogen) atoms.